The standard InChI is InChI=1S/C18H20N4O7S/c1-12(21-30(26,27)16-7-4-14(5-8-16)22(24)25)18(23)20-19-11-13-10-15(28-2)6-9-17(13)29-3/h4-12,21H,1-3H3,(H,20,23)/b19-11+. The molecule has 0 aromatic heterocycles. The zero-order valence-electron chi connectivity index (χ0n) is 16.4. The van der Waals surface area contributed by atoms with Crippen molar-refractivity contribution in [3.05, 3.63) is 58.1 Å². The molecule has 11 nitrogen and oxygen atoms in total. The van der Waals surface area contributed by atoms with Gasteiger partial charge in [0.1, 0.15) is 11.5 Å². The number of hydrogen-bond acceptors (Lipinski definition) is 8. The Morgan fingerprint density at radius 3 is 2.40 bits per heavy atom. The molecule has 0 saturated heterocycles. The summed E-state index contributed by atoms with van der Waals surface area (Å²) in [4.78, 5) is 22.0. The molecule has 0 bridgehead atoms. The summed E-state index contributed by atoms with van der Waals surface area (Å²) in [6.07, 6.45) is 1.33. The van der Waals surface area contributed by atoms with Crippen molar-refractivity contribution in [1.29, 1.82) is 0 Å². The molecule has 0 aliphatic heterocycles. The molecule has 0 spiro atoms. The van der Waals surface area contributed by atoms with Crippen molar-refractivity contribution in [1.82, 2.24) is 10.1 Å². The molecule has 1 amide bonds. The van der Waals surface area contributed by atoms with Crippen LogP contribution in [0.25, 0.3) is 0 Å². The number of nitrogens with one attached hydrogen (secondary N) is 2. The van der Waals surface area contributed by atoms with Gasteiger partial charge in [-0.25, -0.2) is 13.8 Å². The number of methoxy groups -OCH3 is 2. The Balaban J connectivity index is 2.04. The van der Waals surface area contributed by atoms with E-state index >= 15 is 0 Å². The van der Waals surface area contributed by atoms with E-state index in [-0.39, 0.29) is 10.6 Å². The van der Waals surface area contributed by atoms with Crippen LogP contribution in [0.2, 0.25) is 0 Å². The molecule has 2 rings (SSSR count). The van der Waals surface area contributed by atoms with Crippen LogP contribution in [0, 0.1) is 10.1 Å². The lowest BCUT2D eigenvalue weighted by molar-refractivity contribution is -0.384. The number of hydrazone groups is 1. The maximum atomic E-state index is 12.3. The van der Waals surface area contributed by atoms with Crippen LogP contribution < -0.4 is 19.6 Å². The lowest BCUT2D eigenvalue weighted by Crippen LogP contribution is -2.43. The summed E-state index contributed by atoms with van der Waals surface area (Å²) in [5.41, 5.74) is 2.53. The van der Waals surface area contributed by atoms with Gasteiger partial charge in [-0.2, -0.15) is 9.82 Å². The summed E-state index contributed by atoms with van der Waals surface area (Å²) >= 11 is 0. The molecular weight excluding hydrogens is 416 g/mol. The Hall–Kier alpha value is -3.51. The number of nitro benzene ring substituents is 1. The summed E-state index contributed by atoms with van der Waals surface area (Å²) in [6.45, 7) is 1.33. The van der Waals surface area contributed by atoms with E-state index in [2.05, 4.69) is 15.2 Å². The first-order valence-corrected chi connectivity index (χ1v) is 9.98. The minimum absolute atomic E-state index is 0.211. The predicted molar refractivity (Wildman–Crippen MR) is 108 cm³/mol. The fourth-order valence-corrected chi connectivity index (χ4v) is 3.51. The largest absolute Gasteiger partial charge is 0.497 e. The number of nitro groups is 1. The molecule has 0 aliphatic rings. The summed E-state index contributed by atoms with van der Waals surface area (Å²) < 4.78 is 37.2. The zero-order valence-corrected chi connectivity index (χ0v) is 17.2. The smallest absolute Gasteiger partial charge is 0.269 e. The van der Waals surface area contributed by atoms with E-state index in [4.69, 9.17) is 9.47 Å². The summed E-state index contributed by atoms with van der Waals surface area (Å²) in [5.74, 6) is 0.354. The Kier molecular flexibility index (Phi) is 7.44. The van der Waals surface area contributed by atoms with E-state index in [0.29, 0.717) is 17.1 Å². The summed E-state index contributed by atoms with van der Waals surface area (Å²) in [7, 11) is -1.08. The predicted octanol–water partition coefficient (Wildman–Crippen LogP) is 1.43. The van der Waals surface area contributed by atoms with Gasteiger partial charge < -0.3 is 9.47 Å². The molecule has 0 radical (unpaired) electrons. The number of benzene rings is 2. The topological polar surface area (TPSA) is 149 Å². The lowest BCUT2D eigenvalue weighted by Gasteiger charge is -2.12. The van der Waals surface area contributed by atoms with Gasteiger partial charge in [0.15, 0.2) is 0 Å². The van der Waals surface area contributed by atoms with Crippen molar-refractivity contribution in [3.8, 4) is 11.5 Å². The van der Waals surface area contributed by atoms with Crippen molar-refractivity contribution < 1.29 is 27.6 Å². The van der Waals surface area contributed by atoms with Crippen molar-refractivity contribution in [2.45, 2.75) is 17.9 Å². The van der Waals surface area contributed by atoms with E-state index in [1.54, 1.807) is 18.2 Å². The summed E-state index contributed by atoms with van der Waals surface area (Å²) in [5, 5.41) is 14.5. The lowest BCUT2D eigenvalue weighted by atomic mass is 10.2. The van der Waals surface area contributed by atoms with Crippen LogP contribution in [-0.4, -0.2) is 45.7 Å². The van der Waals surface area contributed by atoms with Gasteiger partial charge in [0.25, 0.3) is 11.6 Å². The zero-order chi connectivity index (χ0) is 22.3. The number of non-ortho nitro benzene ring substituents is 1. The number of hydrogen-bond donors (Lipinski definition) is 2. The third-order valence-corrected chi connectivity index (χ3v) is 5.45. The molecule has 0 fully saturated rings. The quantitative estimate of drug-likeness (QED) is 0.343. The van der Waals surface area contributed by atoms with Gasteiger partial charge >= 0.3 is 0 Å². The highest BCUT2D eigenvalue weighted by molar-refractivity contribution is 7.89. The van der Waals surface area contributed by atoms with Crippen LogP contribution >= 0.6 is 0 Å². The van der Waals surface area contributed by atoms with Gasteiger partial charge in [-0.1, -0.05) is 0 Å². The highest BCUT2D eigenvalue weighted by atomic mass is 32.2. The number of sulfonamides is 1. The van der Waals surface area contributed by atoms with Gasteiger partial charge in [0.05, 0.1) is 36.3 Å². The van der Waals surface area contributed by atoms with Gasteiger partial charge in [0, 0.05) is 17.7 Å². The van der Waals surface area contributed by atoms with E-state index in [1.807, 2.05) is 0 Å². The van der Waals surface area contributed by atoms with Crippen LogP contribution in [0.4, 0.5) is 5.69 Å². The fourth-order valence-electron chi connectivity index (χ4n) is 2.30. The number of rotatable bonds is 9. The Labute approximate surface area is 172 Å². The van der Waals surface area contributed by atoms with Crippen LogP contribution in [0.1, 0.15) is 12.5 Å². The minimum atomic E-state index is -4.07. The molecule has 0 heterocycles. The molecule has 2 aromatic rings. The Bertz CT molecular complexity index is 1050. The van der Waals surface area contributed by atoms with Gasteiger partial charge in [-0.15, -0.1) is 0 Å². The molecule has 12 heteroatoms. The molecule has 0 saturated carbocycles. The van der Waals surface area contributed by atoms with Gasteiger partial charge in [-0.05, 0) is 37.3 Å². The first kappa shape index (κ1) is 22.8. The van der Waals surface area contributed by atoms with E-state index in [0.717, 1.165) is 24.3 Å². The van der Waals surface area contributed by atoms with Crippen LogP contribution in [0.3, 0.4) is 0 Å². The van der Waals surface area contributed by atoms with Crippen molar-refractivity contribution in [2.24, 2.45) is 5.10 Å². The highest BCUT2D eigenvalue weighted by Gasteiger charge is 2.22. The molecular formula is C18H20N4O7S. The van der Waals surface area contributed by atoms with Gasteiger partial charge in [-0.3, -0.25) is 14.9 Å². The first-order chi connectivity index (χ1) is 14.2. The number of nitrogens with zero attached hydrogens (tertiary/aromatic N) is 2. The molecule has 1 atom stereocenters. The maximum absolute atomic E-state index is 12.3. The molecule has 2 aromatic carbocycles. The van der Waals surface area contributed by atoms with Crippen LogP contribution in [-0.2, 0) is 14.8 Å². The molecule has 0 aliphatic carbocycles. The van der Waals surface area contributed by atoms with Crippen molar-refractivity contribution >= 4 is 27.8 Å². The van der Waals surface area contributed by atoms with E-state index in [9.17, 15) is 23.3 Å². The van der Waals surface area contributed by atoms with E-state index < -0.39 is 26.9 Å². The highest BCUT2D eigenvalue weighted by Crippen LogP contribution is 2.22. The van der Waals surface area contributed by atoms with Crippen LogP contribution in [0.5, 0.6) is 11.5 Å². The Morgan fingerprint density at radius 2 is 1.83 bits per heavy atom. The third-order valence-electron chi connectivity index (χ3n) is 3.90. The molecule has 160 valence electrons. The third kappa shape index (κ3) is 5.75. The second-order valence-corrected chi connectivity index (χ2v) is 7.65. The van der Waals surface area contributed by atoms with E-state index in [1.165, 1.54) is 27.4 Å². The monoisotopic (exact) mass is 436 g/mol. The number of ether oxygens (including phenoxy) is 2. The summed E-state index contributed by atoms with van der Waals surface area (Å²) in [6, 6.07) is 8.14. The molecule has 1 unspecified atom stereocenters. The van der Waals surface area contributed by atoms with Crippen molar-refractivity contribution in [3.63, 3.8) is 0 Å². The minimum Gasteiger partial charge on any atom is -0.497 e. The van der Waals surface area contributed by atoms with Crippen LogP contribution in [0.15, 0.2) is 52.5 Å². The number of carbonyl (C=O) groups excluding carboxylic acids is 1. The number of carbonyl (C=O) groups is 1. The fraction of sp³-hybridized carbons (Fsp3) is 0.222. The normalized spacial score (nSPS) is 12.4. The second-order valence-electron chi connectivity index (χ2n) is 5.94. The van der Waals surface area contributed by atoms with Gasteiger partial charge in [0.2, 0.25) is 10.0 Å². The average molecular weight is 436 g/mol. The molecule has 2 N–H and O–H groups in total. The number of amides is 1. The second kappa shape index (κ2) is 9.80. The van der Waals surface area contributed by atoms with Crippen molar-refractivity contribution in [2.75, 3.05) is 14.2 Å². The average Bonchev–Trinajstić information content (AvgIpc) is 2.73. The maximum Gasteiger partial charge on any atom is 0.269 e. The SMILES string of the molecule is COc1ccc(OC)c(/C=N/NC(=O)C(C)NS(=O)(=O)c2ccc([N+](=O)[O-])cc2)c1. The first-order valence-electron chi connectivity index (χ1n) is 8.49. The Morgan fingerprint density at radius 1 is 1.17 bits per heavy atom. The molecule has 30 heavy (non-hydrogen) atoms.